The summed E-state index contributed by atoms with van der Waals surface area (Å²) in [5.41, 5.74) is 2.31. The Morgan fingerprint density at radius 3 is 2.64 bits per heavy atom. The summed E-state index contributed by atoms with van der Waals surface area (Å²) in [6, 6.07) is 5.95. The lowest BCUT2D eigenvalue weighted by molar-refractivity contribution is 0.195. The van der Waals surface area contributed by atoms with Crippen LogP contribution in [0.25, 0.3) is 22.0 Å². The Balaban J connectivity index is 1.56. The van der Waals surface area contributed by atoms with E-state index in [1.165, 1.54) is 0 Å². The highest BCUT2D eigenvalue weighted by molar-refractivity contribution is 6.35. The standard InChI is InChI=1S/C28H35ClN6O4/c1-15-12-35(28(36)30-3)13-21(15)33-24-9-19-17(11-31-24)8-20(34-27(19)32-18-6-7-39-14-18)25-16(2)22(37-4)10-23(38-5)26(25)29/h8-11,15,18,21H,6-7,12-14H2,1-5H3,(H,30,36)(H,31,33)(H,32,34)/t15-,18?,21+/m0/s1. The molecule has 11 heteroatoms. The molecule has 0 radical (unpaired) electrons. The molecule has 1 aromatic carbocycles. The molecule has 2 aliphatic rings. The third-order valence-corrected chi connectivity index (χ3v) is 7.95. The van der Waals surface area contributed by atoms with Gasteiger partial charge in [0.25, 0.3) is 0 Å². The largest absolute Gasteiger partial charge is 0.496 e. The first-order valence-electron chi connectivity index (χ1n) is 13.1. The second-order valence-corrected chi connectivity index (χ2v) is 10.5. The van der Waals surface area contributed by atoms with E-state index in [0.717, 1.165) is 40.0 Å². The lowest BCUT2D eigenvalue weighted by Crippen LogP contribution is -2.37. The number of benzene rings is 1. The number of anilines is 2. The van der Waals surface area contributed by atoms with Crippen molar-refractivity contribution in [3.8, 4) is 22.8 Å². The average molecular weight is 555 g/mol. The molecular formula is C28H35ClN6O4. The Morgan fingerprint density at radius 1 is 1.15 bits per heavy atom. The zero-order chi connectivity index (χ0) is 27.7. The summed E-state index contributed by atoms with van der Waals surface area (Å²) in [7, 11) is 4.86. The average Bonchev–Trinajstić information content (AvgIpc) is 3.58. The van der Waals surface area contributed by atoms with Crippen molar-refractivity contribution in [2.75, 3.05) is 58.2 Å². The van der Waals surface area contributed by atoms with Crippen molar-refractivity contribution in [2.24, 2.45) is 5.92 Å². The first kappa shape index (κ1) is 27.1. The van der Waals surface area contributed by atoms with E-state index in [9.17, 15) is 4.79 Å². The number of ether oxygens (including phenoxy) is 3. The first-order chi connectivity index (χ1) is 18.8. The quantitative estimate of drug-likeness (QED) is 0.390. The molecule has 2 amide bonds. The molecule has 4 heterocycles. The Bertz CT molecular complexity index is 1350. The number of amides is 2. The van der Waals surface area contributed by atoms with Crippen LogP contribution in [0.5, 0.6) is 11.5 Å². The molecule has 0 spiro atoms. The highest BCUT2D eigenvalue weighted by atomic mass is 35.5. The lowest BCUT2D eigenvalue weighted by atomic mass is 10.0. The predicted molar refractivity (Wildman–Crippen MR) is 153 cm³/mol. The molecule has 2 aliphatic heterocycles. The Labute approximate surface area is 233 Å². The van der Waals surface area contributed by atoms with Gasteiger partial charge in [-0.15, -0.1) is 0 Å². The van der Waals surface area contributed by atoms with Gasteiger partial charge in [0.15, 0.2) is 0 Å². The number of hydrogen-bond acceptors (Lipinski definition) is 8. The number of likely N-dealkylation sites (tertiary alicyclic amines) is 1. The van der Waals surface area contributed by atoms with Crippen LogP contribution in [0.4, 0.5) is 16.4 Å². The third kappa shape index (κ3) is 5.35. The molecule has 2 aromatic heterocycles. The summed E-state index contributed by atoms with van der Waals surface area (Å²) in [6.45, 7) is 6.72. The highest BCUT2D eigenvalue weighted by Crippen LogP contribution is 2.43. The number of carbonyl (C=O) groups excluding carboxylic acids is 1. The predicted octanol–water partition coefficient (Wildman–Crippen LogP) is 4.55. The summed E-state index contributed by atoms with van der Waals surface area (Å²) in [6.07, 6.45) is 2.74. The highest BCUT2D eigenvalue weighted by Gasteiger charge is 2.32. The fraction of sp³-hybridized carbons (Fsp3) is 0.464. The minimum atomic E-state index is -0.0669. The molecule has 39 heavy (non-hydrogen) atoms. The van der Waals surface area contributed by atoms with Crippen LogP contribution in [0.3, 0.4) is 0 Å². The molecule has 3 aromatic rings. The van der Waals surface area contributed by atoms with E-state index in [0.29, 0.717) is 48.5 Å². The summed E-state index contributed by atoms with van der Waals surface area (Å²) in [4.78, 5) is 23.7. The van der Waals surface area contributed by atoms with Gasteiger partial charge in [-0.25, -0.2) is 14.8 Å². The van der Waals surface area contributed by atoms with Gasteiger partial charge >= 0.3 is 6.03 Å². The van der Waals surface area contributed by atoms with Crippen LogP contribution in [0.15, 0.2) is 24.4 Å². The van der Waals surface area contributed by atoms with E-state index in [1.807, 2.05) is 30.2 Å². The number of rotatable bonds is 7. The van der Waals surface area contributed by atoms with Crippen molar-refractivity contribution in [1.29, 1.82) is 0 Å². The number of methoxy groups -OCH3 is 2. The van der Waals surface area contributed by atoms with Crippen LogP contribution < -0.4 is 25.4 Å². The fourth-order valence-electron chi connectivity index (χ4n) is 5.34. The molecule has 5 rings (SSSR count). The molecular weight excluding hydrogens is 520 g/mol. The zero-order valence-corrected chi connectivity index (χ0v) is 23.7. The number of carbonyl (C=O) groups is 1. The number of nitrogens with one attached hydrogen (secondary N) is 3. The normalized spacial score (nSPS) is 20.8. The molecule has 208 valence electrons. The Kier molecular flexibility index (Phi) is 7.86. The van der Waals surface area contributed by atoms with Crippen molar-refractivity contribution in [2.45, 2.75) is 32.4 Å². The molecule has 0 aliphatic carbocycles. The number of halogens is 1. The van der Waals surface area contributed by atoms with Gasteiger partial charge in [0.1, 0.15) is 23.1 Å². The number of fused-ring (bicyclic) bond motifs is 1. The number of hydrogen-bond donors (Lipinski definition) is 3. The van der Waals surface area contributed by atoms with Crippen molar-refractivity contribution >= 4 is 40.0 Å². The van der Waals surface area contributed by atoms with Gasteiger partial charge in [-0.1, -0.05) is 18.5 Å². The Morgan fingerprint density at radius 2 is 1.95 bits per heavy atom. The molecule has 0 bridgehead atoms. The SMILES string of the molecule is CNC(=O)N1C[C@H](C)[C@H](Nc2cc3c(NC4CCOC4)nc(-c4c(C)c(OC)cc(OC)c4Cl)cc3cn2)C1. The van der Waals surface area contributed by atoms with Gasteiger partial charge in [-0.2, -0.15) is 0 Å². The fourth-order valence-corrected chi connectivity index (χ4v) is 5.71. The number of nitrogens with zero attached hydrogens (tertiary/aromatic N) is 3. The smallest absolute Gasteiger partial charge is 0.317 e. The first-order valence-corrected chi connectivity index (χ1v) is 13.5. The van der Waals surface area contributed by atoms with E-state index in [4.69, 9.17) is 35.8 Å². The van der Waals surface area contributed by atoms with Crippen molar-refractivity contribution < 1.29 is 19.0 Å². The molecule has 3 atom stereocenters. The second-order valence-electron chi connectivity index (χ2n) is 10.1. The molecule has 1 unspecified atom stereocenters. The van der Waals surface area contributed by atoms with Crippen molar-refractivity contribution in [3.63, 3.8) is 0 Å². The van der Waals surface area contributed by atoms with Crippen molar-refractivity contribution in [1.82, 2.24) is 20.2 Å². The van der Waals surface area contributed by atoms with Gasteiger partial charge in [0.2, 0.25) is 0 Å². The maximum Gasteiger partial charge on any atom is 0.317 e. The van der Waals surface area contributed by atoms with Gasteiger partial charge in [0, 0.05) is 66.9 Å². The van der Waals surface area contributed by atoms with E-state index in [-0.39, 0.29) is 24.0 Å². The third-order valence-electron chi connectivity index (χ3n) is 7.57. The monoisotopic (exact) mass is 554 g/mol. The van der Waals surface area contributed by atoms with E-state index in [1.54, 1.807) is 27.3 Å². The van der Waals surface area contributed by atoms with Crippen LogP contribution in [-0.2, 0) is 4.74 Å². The number of urea groups is 1. The maximum absolute atomic E-state index is 12.1. The molecule has 2 saturated heterocycles. The van der Waals surface area contributed by atoms with E-state index in [2.05, 4.69) is 22.9 Å². The molecule has 10 nitrogen and oxygen atoms in total. The molecule has 2 fully saturated rings. The van der Waals surface area contributed by atoms with Gasteiger partial charge in [-0.3, -0.25) is 0 Å². The number of pyridine rings is 2. The van der Waals surface area contributed by atoms with Crippen LogP contribution in [0.2, 0.25) is 5.02 Å². The minimum absolute atomic E-state index is 0.0669. The Hall–Kier alpha value is -3.50. The van der Waals surface area contributed by atoms with Crippen LogP contribution in [0, 0.1) is 12.8 Å². The topological polar surface area (TPSA) is 110 Å². The van der Waals surface area contributed by atoms with E-state index >= 15 is 0 Å². The van der Waals surface area contributed by atoms with Crippen LogP contribution in [0.1, 0.15) is 18.9 Å². The summed E-state index contributed by atoms with van der Waals surface area (Å²) in [5, 5.41) is 12.2. The van der Waals surface area contributed by atoms with Crippen LogP contribution >= 0.6 is 11.6 Å². The zero-order valence-electron chi connectivity index (χ0n) is 22.9. The van der Waals surface area contributed by atoms with Gasteiger partial charge in [0.05, 0.1) is 37.6 Å². The summed E-state index contributed by atoms with van der Waals surface area (Å²) in [5.74, 6) is 2.93. The van der Waals surface area contributed by atoms with Crippen molar-refractivity contribution in [3.05, 3.63) is 35.0 Å². The van der Waals surface area contributed by atoms with E-state index < -0.39 is 0 Å². The minimum Gasteiger partial charge on any atom is -0.496 e. The second kappa shape index (κ2) is 11.3. The number of aromatic nitrogens is 2. The van der Waals surface area contributed by atoms with Gasteiger partial charge in [-0.05, 0) is 31.4 Å². The summed E-state index contributed by atoms with van der Waals surface area (Å²) >= 11 is 6.81. The summed E-state index contributed by atoms with van der Waals surface area (Å²) < 4.78 is 16.7. The van der Waals surface area contributed by atoms with Gasteiger partial charge < -0.3 is 35.1 Å². The molecule has 3 N–H and O–H groups in total. The lowest BCUT2D eigenvalue weighted by Gasteiger charge is -2.20. The maximum atomic E-state index is 12.1. The van der Waals surface area contributed by atoms with Crippen LogP contribution in [-0.4, -0.2) is 80.6 Å². The molecule has 0 saturated carbocycles.